The first kappa shape index (κ1) is 12.6. The van der Waals surface area contributed by atoms with Crippen LogP contribution in [0.1, 0.15) is 13.8 Å². The molecule has 0 aliphatic heterocycles. The smallest absolute Gasteiger partial charge is 0.178 e. The molecule has 0 spiro atoms. The summed E-state index contributed by atoms with van der Waals surface area (Å²) in [6, 6.07) is 4.72. The number of H-pyrrole nitrogens is 1. The molecule has 1 heterocycles. The van der Waals surface area contributed by atoms with Gasteiger partial charge in [-0.15, -0.1) is 0 Å². The SMILES string of the molecule is CSC(C)(C)Cn1c(=S)[nH]c2cc(F)ccc21. The van der Waals surface area contributed by atoms with Gasteiger partial charge in [0.05, 0.1) is 11.0 Å². The van der Waals surface area contributed by atoms with Gasteiger partial charge in [0, 0.05) is 11.3 Å². The van der Waals surface area contributed by atoms with Crippen LogP contribution in [0.15, 0.2) is 18.2 Å². The molecule has 92 valence electrons. The Bertz CT molecular complexity index is 598. The first-order chi connectivity index (χ1) is 7.93. The van der Waals surface area contributed by atoms with Crippen molar-refractivity contribution in [2.24, 2.45) is 0 Å². The Kier molecular flexibility index (Phi) is 3.32. The second-order valence-corrected chi connectivity index (χ2v) is 6.54. The van der Waals surface area contributed by atoms with Crippen molar-refractivity contribution < 1.29 is 4.39 Å². The lowest BCUT2D eigenvalue weighted by molar-refractivity contribution is 0.574. The van der Waals surface area contributed by atoms with Crippen LogP contribution in [0.5, 0.6) is 0 Å². The highest BCUT2D eigenvalue weighted by atomic mass is 32.2. The number of aromatic amines is 1. The summed E-state index contributed by atoms with van der Waals surface area (Å²) in [7, 11) is 0. The fourth-order valence-electron chi connectivity index (χ4n) is 1.74. The van der Waals surface area contributed by atoms with E-state index in [0.717, 1.165) is 17.6 Å². The number of rotatable bonds is 3. The molecular weight excluding hydrogens is 255 g/mol. The van der Waals surface area contributed by atoms with E-state index in [1.165, 1.54) is 12.1 Å². The predicted octanol–water partition coefficient (Wildman–Crippen LogP) is 3.98. The van der Waals surface area contributed by atoms with Crippen molar-refractivity contribution in [1.82, 2.24) is 9.55 Å². The van der Waals surface area contributed by atoms with Crippen LogP contribution in [0.4, 0.5) is 4.39 Å². The number of halogens is 1. The molecule has 0 amide bonds. The quantitative estimate of drug-likeness (QED) is 0.852. The monoisotopic (exact) mass is 270 g/mol. The second kappa shape index (κ2) is 4.46. The molecular formula is C12H15FN2S2. The maximum absolute atomic E-state index is 13.1. The largest absolute Gasteiger partial charge is 0.330 e. The van der Waals surface area contributed by atoms with Gasteiger partial charge in [0.1, 0.15) is 5.82 Å². The van der Waals surface area contributed by atoms with Gasteiger partial charge in [-0.2, -0.15) is 11.8 Å². The zero-order chi connectivity index (χ0) is 12.6. The van der Waals surface area contributed by atoms with E-state index in [1.807, 2.05) is 4.57 Å². The summed E-state index contributed by atoms with van der Waals surface area (Å²) in [4.78, 5) is 3.04. The molecule has 0 aliphatic rings. The molecule has 0 aliphatic carbocycles. The lowest BCUT2D eigenvalue weighted by atomic mass is 10.2. The molecule has 0 saturated carbocycles. The number of hydrogen-bond donors (Lipinski definition) is 1. The zero-order valence-corrected chi connectivity index (χ0v) is 11.7. The maximum Gasteiger partial charge on any atom is 0.178 e. The van der Waals surface area contributed by atoms with Crippen molar-refractivity contribution in [3.05, 3.63) is 28.8 Å². The number of hydrogen-bond acceptors (Lipinski definition) is 2. The summed E-state index contributed by atoms with van der Waals surface area (Å²) in [6.45, 7) is 5.14. The highest BCUT2D eigenvalue weighted by Crippen LogP contribution is 2.26. The molecule has 0 unspecified atom stereocenters. The zero-order valence-electron chi connectivity index (χ0n) is 10.1. The molecule has 2 rings (SSSR count). The van der Waals surface area contributed by atoms with E-state index in [1.54, 1.807) is 17.8 Å². The van der Waals surface area contributed by atoms with Crippen LogP contribution in [0.3, 0.4) is 0 Å². The van der Waals surface area contributed by atoms with E-state index in [-0.39, 0.29) is 10.6 Å². The topological polar surface area (TPSA) is 20.7 Å². The molecule has 0 saturated heterocycles. The molecule has 1 aromatic carbocycles. The molecule has 0 atom stereocenters. The number of nitrogens with zero attached hydrogens (tertiary/aromatic N) is 1. The Morgan fingerprint density at radius 3 is 2.82 bits per heavy atom. The van der Waals surface area contributed by atoms with Crippen molar-refractivity contribution in [3.63, 3.8) is 0 Å². The van der Waals surface area contributed by atoms with Crippen LogP contribution < -0.4 is 0 Å². The second-order valence-electron chi connectivity index (χ2n) is 4.64. The van der Waals surface area contributed by atoms with Crippen molar-refractivity contribution in [2.45, 2.75) is 25.1 Å². The molecule has 2 aromatic rings. The summed E-state index contributed by atoms with van der Waals surface area (Å²) in [6.07, 6.45) is 2.08. The van der Waals surface area contributed by atoms with Gasteiger partial charge in [0.25, 0.3) is 0 Å². The third kappa shape index (κ3) is 2.55. The summed E-state index contributed by atoms with van der Waals surface area (Å²) in [5, 5.41) is 0. The molecule has 2 nitrogen and oxygen atoms in total. The van der Waals surface area contributed by atoms with Gasteiger partial charge in [-0.05, 0) is 50.5 Å². The van der Waals surface area contributed by atoms with E-state index in [9.17, 15) is 4.39 Å². The Hall–Kier alpha value is -0.810. The third-order valence-electron chi connectivity index (χ3n) is 2.83. The maximum atomic E-state index is 13.1. The molecule has 0 fully saturated rings. The van der Waals surface area contributed by atoms with Gasteiger partial charge < -0.3 is 9.55 Å². The lowest BCUT2D eigenvalue weighted by Crippen LogP contribution is -2.22. The first-order valence-electron chi connectivity index (χ1n) is 5.36. The Morgan fingerprint density at radius 2 is 2.18 bits per heavy atom. The van der Waals surface area contributed by atoms with Gasteiger partial charge in [0.2, 0.25) is 0 Å². The van der Waals surface area contributed by atoms with E-state index < -0.39 is 0 Å². The third-order valence-corrected chi connectivity index (χ3v) is 4.38. The van der Waals surface area contributed by atoms with Gasteiger partial charge in [-0.25, -0.2) is 4.39 Å². The summed E-state index contributed by atoms with van der Waals surface area (Å²) >= 11 is 7.08. The van der Waals surface area contributed by atoms with Crippen LogP contribution in [0, 0.1) is 10.6 Å². The Labute approximate surface area is 109 Å². The first-order valence-corrected chi connectivity index (χ1v) is 6.99. The van der Waals surface area contributed by atoms with Crippen LogP contribution in [-0.2, 0) is 6.54 Å². The Morgan fingerprint density at radius 1 is 1.47 bits per heavy atom. The predicted molar refractivity (Wildman–Crippen MR) is 74.7 cm³/mol. The van der Waals surface area contributed by atoms with Gasteiger partial charge in [-0.1, -0.05) is 0 Å². The molecule has 1 N–H and O–H groups in total. The van der Waals surface area contributed by atoms with Crippen LogP contribution in [0.25, 0.3) is 11.0 Å². The average Bonchev–Trinajstić information content (AvgIpc) is 2.54. The molecule has 5 heteroatoms. The number of benzene rings is 1. The fourth-order valence-corrected chi connectivity index (χ4v) is 2.27. The number of fused-ring (bicyclic) bond motifs is 1. The minimum atomic E-state index is -0.245. The average molecular weight is 270 g/mol. The molecule has 0 bridgehead atoms. The molecule has 1 aromatic heterocycles. The highest BCUT2D eigenvalue weighted by molar-refractivity contribution is 7.99. The van der Waals surface area contributed by atoms with Gasteiger partial charge >= 0.3 is 0 Å². The highest BCUT2D eigenvalue weighted by Gasteiger charge is 2.18. The van der Waals surface area contributed by atoms with Crippen molar-refractivity contribution in [1.29, 1.82) is 0 Å². The van der Waals surface area contributed by atoms with Crippen LogP contribution in [-0.4, -0.2) is 20.6 Å². The number of imidazole rings is 1. The van der Waals surface area contributed by atoms with E-state index in [4.69, 9.17) is 12.2 Å². The van der Waals surface area contributed by atoms with E-state index >= 15 is 0 Å². The lowest BCUT2D eigenvalue weighted by Gasteiger charge is -2.22. The standard InChI is InChI=1S/C12H15FN2S2/c1-12(2,17-3)7-15-10-5-4-8(13)6-9(10)14-11(15)16/h4-6H,7H2,1-3H3,(H,14,16). The van der Waals surface area contributed by atoms with Crippen molar-refractivity contribution in [3.8, 4) is 0 Å². The number of aromatic nitrogens is 2. The normalized spacial score (nSPS) is 12.2. The van der Waals surface area contributed by atoms with Gasteiger partial charge in [0.15, 0.2) is 4.77 Å². The van der Waals surface area contributed by atoms with Gasteiger partial charge in [-0.3, -0.25) is 0 Å². The fraction of sp³-hybridized carbons (Fsp3) is 0.417. The van der Waals surface area contributed by atoms with E-state index in [0.29, 0.717) is 4.77 Å². The summed E-state index contributed by atoms with van der Waals surface area (Å²) in [5.74, 6) is -0.245. The minimum Gasteiger partial charge on any atom is -0.330 e. The van der Waals surface area contributed by atoms with E-state index in [2.05, 4.69) is 25.1 Å². The van der Waals surface area contributed by atoms with Crippen LogP contribution in [0.2, 0.25) is 0 Å². The van der Waals surface area contributed by atoms with Crippen LogP contribution >= 0.6 is 24.0 Å². The van der Waals surface area contributed by atoms with Crippen molar-refractivity contribution >= 4 is 35.0 Å². The number of thioether (sulfide) groups is 1. The summed E-state index contributed by atoms with van der Waals surface area (Å²) in [5.41, 5.74) is 1.71. The molecule has 0 radical (unpaired) electrons. The minimum absolute atomic E-state index is 0.0989. The molecule has 17 heavy (non-hydrogen) atoms. The number of nitrogens with one attached hydrogen (secondary N) is 1. The van der Waals surface area contributed by atoms with Crippen molar-refractivity contribution in [2.75, 3.05) is 6.26 Å². The Balaban J connectivity index is 2.54. The summed E-state index contributed by atoms with van der Waals surface area (Å²) < 4.78 is 15.9.